The van der Waals surface area contributed by atoms with Crippen molar-refractivity contribution in [3.63, 3.8) is 0 Å². The summed E-state index contributed by atoms with van der Waals surface area (Å²) in [6.07, 6.45) is -4.95. The van der Waals surface area contributed by atoms with Gasteiger partial charge in [-0.3, -0.25) is 4.79 Å². The fourth-order valence-electron chi connectivity index (χ4n) is 2.03. The van der Waals surface area contributed by atoms with Crippen molar-refractivity contribution in [1.82, 2.24) is 0 Å². The van der Waals surface area contributed by atoms with Gasteiger partial charge in [0.05, 0.1) is 0 Å². The lowest BCUT2D eigenvalue weighted by molar-refractivity contribution is -0.170. The highest BCUT2D eigenvalue weighted by molar-refractivity contribution is 6.75. The number of amides is 1. The maximum atomic E-state index is 12.9. The molecule has 0 atom stereocenters. The summed E-state index contributed by atoms with van der Waals surface area (Å²) in [6, 6.07) is 4.55. The Balaban J connectivity index is 3.51. The Morgan fingerprint density at radius 1 is 0.833 bits per heavy atom. The molecule has 0 spiro atoms. The second-order valence-corrected chi connectivity index (χ2v) is 20.2. The van der Waals surface area contributed by atoms with E-state index in [1.54, 1.807) is 6.07 Å². The lowest BCUT2D eigenvalue weighted by atomic mass is 10.2. The van der Waals surface area contributed by atoms with Crippen LogP contribution in [0, 0.1) is 0 Å². The molecule has 0 saturated heterocycles. The standard InChI is InChI=1S/C21H36F3NO3Si2/c1-19(2,3)29(8,9)27-16-13-12-15(25(7)18(26)21(22,23)24)14-17(16)28-30(10,11)20(4,5)6/h12-14H,1-11H3. The summed E-state index contributed by atoms with van der Waals surface area (Å²) in [5.74, 6) is -1.05. The minimum Gasteiger partial charge on any atom is -0.541 e. The Kier molecular flexibility index (Phi) is 7.27. The fraction of sp³-hybridized carbons (Fsp3) is 0.667. The van der Waals surface area contributed by atoms with Crippen LogP contribution in [0.3, 0.4) is 0 Å². The average molecular weight is 464 g/mol. The number of benzene rings is 1. The molecule has 0 aromatic heterocycles. The van der Waals surface area contributed by atoms with Crippen molar-refractivity contribution >= 4 is 28.2 Å². The number of alkyl halides is 3. The van der Waals surface area contributed by atoms with Crippen molar-refractivity contribution in [3.05, 3.63) is 18.2 Å². The van der Waals surface area contributed by atoms with Crippen molar-refractivity contribution in [1.29, 1.82) is 0 Å². The van der Waals surface area contributed by atoms with Gasteiger partial charge in [-0.25, -0.2) is 0 Å². The molecule has 1 aromatic carbocycles. The van der Waals surface area contributed by atoms with Crippen LogP contribution < -0.4 is 13.8 Å². The Morgan fingerprint density at radius 2 is 1.23 bits per heavy atom. The molecule has 1 rings (SSSR count). The lowest BCUT2D eigenvalue weighted by Gasteiger charge is -2.40. The van der Waals surface area contributed by atoms with Gasteiger partial charge >= 0.3 is 12.1 Å². The fourth-order valence-corrected chi connectivity index (χ4v) is 4.07. The minimum atomic E-state index is -4.95. The zero-order chi connectivity index (χ0) is 23.9. The van der Waals surface area contributed by atoms with Gasteiger partial charge in [-0.1, -0.05) is 41.5 Å². The summed E-state index contributed by atoms with van der Waals surface area (Å²) in [6.45, 7) is 20.9. The summed E-state index contributed by atoms with van der Waals surface area (Å²) in [7, 11) is -3.42. The highest BCUT2D eigenvalue weighted by Crippen LogP contribution is 2.44. The first kappa shape index (κ1) is 26.5. The molecule has 0 aliphatic rings. The molecule has 0 N–H and O–H groups in total. The van der Waals surface area contributed by atoms with Crippen LogP contribution in [-0.4, -0.2) is 35.8 Å². The topological polar surface area (TPSA) is 38.8 Å². The van der Waals surface area contributed by atoms with Crippen LogP contribution >= 0.6 is 0 Å². The van der Waals surface area contributed by atoms with Gasteiger partial charge in [-0.2, -0.15) is 13.2 Å². The molecule has 172 valence electrons. The van der Waals surface area contributed by atoms with Crippen LogP contribution in [0.15, 0.2) is 18.2 Å². The largest absolute Gasteiger partial charge is 0.541 e. The molecule has 0 fully saturated rings. The number of halogens is 3. The quantitative estimate of drug-likeness (QED) is 0.442. The maximum Gasteiger partial charge on any atom is 0.471 e. The number of hydrogen-bond donors (Lipinski definition) is 0. The number of rotatable bonds is 5. The van der Waals surface area contributed by atoms with E-state index in [4.69, 9.17) is 8.85 Å². The molecule has 0 heterocycles. The molecule has 0 aliphatic heterocycles. The van der Waals surface area contributed by atoms with Gasteiger partial charge in [-0.05, 0) is 48.4 Å². The number of nitrogens with zero attached hydrogens (tertiary/aromatic N) is 1. The van der Waals surface area contributed by atoms with Crippen molar-refractivity contribution in [2.24, 2.45) is 0 Å². The van der Waals surface area contributed by atoms with E-state index in [0.717, 1.165) is 7.05 Å². The normalized spacial score (nSPS) is 13.8. The van der Waals surface area contributed by atoms with Gasteiger partial charge < -0.3 is 13.8 Å². The summed E-state index contributed by atoms with van der Waals surface area (Å²) < 4.78 is 51.6. The molecule has 0 unspecified atom stereocenters. The third-order valence-corrected chi connectivity index (χ3v) is 14.9. The van der Waals surface area contributed by atoms with E-state index in [0.29, 0.717) is 16.4 Å². The van der Waals surface area contributed by atoms with Crippen molar-refractivity contribution in [3.8, 4) is 11.5 Å². The van der Waals surface area contributed by atoms with Crippen LogP contribution in [0.2, 0.25) is 36.3 Å². The number of hydrogen-bond acceptors (Lipinski definition) is 3. The Bertz CT molecular complexity index is 779. The second-order valence-electron chi connectivity index (χ2n) is 10.7. The SMILES string of the molecule is CN(C(=O)C(F)(F)F)c1ccc(O[Si](C)(C)C(C)(C)C)c(O[Si](C)(C)C(C)(C)C)c1. The van der Waals surface area contributed by atoms with Gasteiger partial charge in [0.15, 0.2) is 0 Å². The van der Waals surface area contributed by atoms with E-state index in [2.05, 4.69) is 67.7 Å². The maximum absolute atomic E-state index is 12.9. The molecular formula is C21H36F3NO3Si2. The third-order valence-electron chi connectivity index (χ3n) is 6.20. The van der Waals surface area contributed by atoms with Crippen LogP contribution in [0.1, 0.15) is 41.5 Å². The van der Waals surface area contributed by atoms with Gasteiger partial charge in [0, 0.05) is 18.8 Å². The molecule has 1 aromatic rings. The van der Waals surface area contributed by atoms with E-state index in [-0.39, 0.29) is 15.8 Å². The molecule has 0 radical (unpaired) electrons. The predicted molar refractivity (Wildman–Crippen MR) is 122 cm³/mol. The molecule has 4 nitrogen and oxygen atoms in total. The van der Waals surface area contributed by atoms with Crippen LogP contribution in [0.4, 0.5) is 18.9 Å². The number of carbonyl (C=O) groups excluding carboxylic acids is 1. The van der Waals surface area contributed by atoms with Gasteiger partial charge in [0.25, 0.3) is 16.6 Å². The van der Waals surface area contributed by atoms with E-state index in [1.807, 2.05) is 0 Å². The number of carbonyl (C=O) groups is 1. The van der Waals surface area contributed by atoms with Gasteiger partial charge in [0.2, 0.25) is 0 Å². The zero-order valence-electron chi connectivity index (χ0n) is 20.0. The molecule has 9 heteroatoms. The highest BCUT2D eigenvalue weighted by atomic mass is 28.4. The van der Waals surface area contributed by atoms with E-state index in [1.165, 1.54) is 12.1 Å². The zero-order valence-corrected chi connectivity index (χ0v) is 22.0. The Morgan fingerprint density at radius 3 is 1.60 bits per heavy atom. The molecule has 0 aliphatic carbocycles. The highest BCUT2D eigenvalue weighted by Gasteiger charge is 2.44. The van der Waals surface area contributed by atoms with E-state index in [9.17, 15) is 18.0 Å². The summed E-state index contributed by atoms with van der Waals surface area (Å²) in [5.41, 5.74) is 0.105. The first-order valence-electron chi connectivity index (χ1n) is 9.97. The lowest BCUT2D eigenvalue weighted by Crippen LogP contribution is -2.46. The molecule has 0 saturated carbocycles. The molecule has 0 bridgehead atoms. The third kappa shape index (κ3) is 6.03. The summed E-state index contributed by atoms with van der Waals surface area (Å²) in [4.78, 5) is 12.3. The van der Waals surface area contributed by atoms with Crippen LogP contribution in [0.5, 0.6) is 11.5 Å². The van der Waals surface area contributed by atoms with Crippen molar-refractivity contribution in [2.75, 3.05) is 11.9 Å². The van der Waals surface area contributed by atoms with Crippen molar-refractivity contribution in [2.45, 2.75) is 84.0 Å². The first-order chi connectivity index (χ1) is 13.1. The second kappa shape index (κ2) is 8.22. The minimum absolute atomic E-state index is 0.0665. The summed E-state index contributed by atoms with van der Waals surface area (Å²) >= 11 is 0. The van der Waals surface area contributed by atoms with Crippen LogP contribution in [-0.2, 0) is 4.79 Å². The monoisotopic (exact) mass is 463 g/mol. The summed E-state index contributed by atoms with van der Waals surface area (Å²) in [5, 5.41) is -0.187. The first-order valence-corrected chi connectivity index (χ1v) is 15.8. The Labute approximate surface area is 181 Å². The molecular weight excluding hydrogens is 427 g/mol. The van der Waals surface area contributed by atoms with Crippen LogP contribution in [0.25, 0.3) is 0 Å². The smallest absolute Gasteiger partial charge is 0.471 e. The van der Waals surface area contributed by atoms with E-state index < -0.39 is 28.7 Å². The average Bonchev–Trinajstić information content (AvgIpc) is 2.51. The molecule has 1 amide bonds. The van der Waals surface area contributed by atoms with Gasteiger partial charge in [-0.15, -0.1) is 0 Å². The van der Waals surface area contributed by atoms with Gasteiger partial charge in [0.1, 0.15) is 11.5 Å². The predicted octanol–water partition coefficient (Wildman–Crippen LogP) is 6.98. The molecule has 30 heavy (non-hydrogen) atoms. The number of anilines is 1. The Hall–Kier alpha value is -1.49. The van der Waals surface area contributed by atoms with Crippen molar-refractivity contribution < 1.29 is 26.8 Å². The van der Waals surface area contributed by atoms with E-state index >= 15 is 0 Å².